The van der Waals surface area contributed by atoms with Gasteiger partial charge in [0.2, 0.25) is 11.8 Å². The van der Waals surface area contributed by atoms with Crippen LogP contribution in [0.15, 0.2) is 11.1 Å². The Morgan fingerprint density at radius 3 is 2.07 bits per heavy atom. The van der Waals surface area contributed by atoms with E-state index < -0.39 is 34.3 Å². The van der Waals surface area contributed by atoms with Gasteiger partial charge in [0.1, 0.15) is 11.6 Å². The zero-order chi connectivity index (χ0) is 44.2. The summed E-state index contributed by atoms with van der Waals surface area (Å²) in [6.45, 7) is 30.7. The first kappa shape index (κ1) is 45.2. The van der Waals surface area contributed by atoms with Crippen molar-refractivity contribution >= 4 is 29.5 Å². The maximum Gasteiger partial charge on any atom is 0.309 e. The Kier molecular flexibility index (Phi) is 11.5. The molecule has 1 aliphatic heterocycles. The van der Waals surface area contributed by atoms with E-state index in [2.05, 4.69) is 75.8 Å². The average Bonchev–Trinajstić information content (AvgIpc) is 3.44. The quantitative estimate of drug-likeness (QED) is 0.198. The van der Waals surface area contributed by atoms with Crippen LogP contribution in [0.1, 0.15) is 147 Å². The maximum atomic E-state index is 14.4. The number of carboxylic acid groups (broad SMARTS) is 1. The predicted molar refractivity (Wildman–Crippen MR) is 232 cm³/mol. The summed E-state index contributed by atoms with van der Waals surface area (Å²) in [5.41, 5.74) is -0.757. The molecule has 2 amide bonds. The van der Waals surface area contributed by atoms with E-state index in [0.717, 1.165) is 83.2 Å². The maximum absolute atomic E-state index is 14.4. The summed E-state index contributed by atoms with van der Waals surface area (Å²) in [4.78, 5) is 72.0. The molecule has 6 fully saturated rings. The molecule has 6 aliphatic carbocycles. The van der Waals surface area contributed by atoms with E-state index in [9.17, 15) is 29.1 Å². The number of nitrogens with zero attached hydrogens (tertiary/aromatic N) is 2. The number of fused-ring (bicyclic) bond motifs is 7. The number of ketones is 1. The molecular formula is C49H78N4O7. The van der Waals surface area contributed by atoms with Crippen molar-refractivity contribution in [3.63, 3.8) is 0 Å². The molecule has 0 aromatic carbocycles. The summed E-state index contributed by atoms with van der Waals surface area (Å²) in [6.07, 6.45) is 7.85. The lowest BCUT2D eigenvalue weighted by Gasteiger charge is -2.72. The topological polar surface area (TPSA) is 145 Å². The molecule has 11 nitrogen and oxygen atoms in total. The van der Waals surface area contributed by atoms with Crippen molar-refractivity contribution in [3.05, 3.63) is 11.1 Å². The standard InChI is InChI=1S/C49H78N4O7/c1-13-52-22-24-53(25-23-52)28-37(55)50-45(8,9)42(59)51-49-21-20-47(11)30(39(49)38(29(2)3)33(54)27-49)14-15-35-46(10)18-17-36(44(6,7)34(46)16-19-48(35,47)12)60-41(58)32-26-31(40(56)57)43(32,4)5/h29-32,34-36H,13-28H2,1-12H3,(H,50,55)(H,51,59)(H,56,57)/t30-,31+,32?,34+,35-,36+,46+,47-,48-,49-/m1/s1. The Labute approximate surface area is 360 Å². The van der Waals surface area contributed by atoms with E-state index in [1.165, 1.54) is 5.57 Å². The molecular weight excluding hydrogens is 757 g/mol. The third-order valence-electron chi connectivity index (χ3n) is 19.1. The third-order valence-corrected chi connectivity index (χ3v) is 19.1. The molecule has 10 atom stereocenters. The molecule has 1 heterocycles. The van der Waals surface area contributed by atoms with Crippen LogP contribution in [0, 0.1) is 62.6 Å². The van der Waals surface area contributed by atoms with Gasteiger partial charge in [-0.1, -0.05) is 69.2 Å². The van der Waals surface area contributed by atoms with Crippen molar-refractivity contribution in [2.75, 3.05) is 39.3 Å². The molecule has 7 rings (SSSR count). The minimum Gasteiger partial charge on any atom is -0.481 e. The van der Waals surface area contributed by atoms with Gasteiger partial charge in [-0.3, -0.25) is 28.9 Å². The Bertz CT molecular complexity index is 1810. The summed E-state index contributed by atoms with van der Waals surface area (Å²) in [5.74, 6) is -1.25. The molecule has 7 aliphatic rings. The zero-order valence-corrected chi connectivity index (χ0v) is 39.1. The SMILES string of the molecule is CCN1CCN(CC(=O)NC(C)(C)C(=O)N[C@@]23CC[C@]4(C)[C@H](CC[C@@H]5[C@@]6(C)CC[C@H](OC(=O)C7C[C@@H](C(=O)O)C7(C)C)C(C)(C)[C@@H]6CC[C@]54C)C2=C(C(C)C)C(=O)C3)CC1. The average molecular weight is 835 g/mol. The minimum absolute atomic E-state index is 0.00465. The van der Waals surface area contributed by atoms with Gasteiger partial charge in [-0.25, -0.2) is 0 Å². The third kappa shape index (κ3) is 6.91. The normalized spacial score (nSPS) is 40.0. The predicted octanol–water partition coefficient (Wildman–Crippen LogP) is 7.03. The molecule has 0 aromatic rings. The number of ether oxygens (including phenoxy) is 1. The van der Waals surface area contributed by atoms with Gasteiger partial charge in [-0.15, -0.1) is 0 Å². The molecule has 0 spiro atoms. The first-order valence-corrected chi connectivity index (χ1v) is 23.6. The van der Waals surface area contributed by atoms with Crippen LogP contribution in [-0.2, 0) is 28.7 Å². The van der Waals surface area contributed by atoms with Crippen molar-refractivity contribution in [3.8, 4) is 0 Å². The number of amides is 2. The van der Waals surface area contributed by atoms with Gasteiger partial charge in [-0.2, -0.15) is 0 Å². The van der Waals surface area contributed by atoms with Gasteiger partial charge in [0, 0.05) is 38.0 Å². The Balaban J connectivity index is 1.09. The van der Waals surface area contributed by atoms with Crippen LogP contribution in [0.2, 0.25) is 0 Å². The van der Waals surface area contributed by atoms with Gasteiger partial charge in [0.25, 0.3) is 0 Å². The fourth-order valence-corrected chi connectivity index (χ4v) is 15.2. The van der Waals surface area contributed by atoms with Crippen LogP contribution < -0.4 is 10.6 Å². The molecule has 0 bridgehead atoms. The number of aliphatic carboxylic acids is 1. The van der Waals surface area contributed by atoms with Gasteiger partial charge >= 0.3 is 11.9 Å². The number of carbonyl (C=O) groups is 5. The lowest BCUT2D eigenvalue weighted by molar-refractivity contribution is -0.235. The number of Topliss-reactive ketones (excluding diaryl/α,β-unsaturated/α-hetero) is 1. The number of carbonyl (C=O) groups excluding carboxylic acids is 4. The van der Waals surface area contributed by atoms with Crippen LogP contribution in [0.5, 0.6) is 0 Å². The summed E-state index contributed by atoms with van der Waals surface area (Å²) in [5, 5.41) is 16.2. The molecule has 0 radical (unpaired) electrons. The highest BCUT2D eigenvalue weighted by atomic mass is 16.5. The Morgan fingerprint density at radius 1 is 0.817 bits per heavy atom. The number of carboxylic acids is 1. The van der Waals surface area contributed by atoms with Crippen molar-refractivity contribution in [1.82, 2.24) is 20.4 Å². The zero-order valence-electron chi connectivity index (χ0n) is 39.1. The van der Waals surface area contributed by atoms with Crippen molar-refractivity contribution in [2.45, 2.75) is 164 Å². The minimum atomic E-state index is -1.15. The van der Waals surface area contributed by atoms with E-state index in [1.54, 1.807) is 13.8 Å². The summed E-state index contributed by atoms with van der Waals surface area (Å²) in [6, 6.07) is 0. The highest BCUT2D eigenvalue weighted by Crippen LogP contribution is 2.76. The molecule has 5 saturated carbocycles. The number of allylic oxidation sites excluding steroid dienone is 1. The first-order valence-electron chi connectivity index (χ1n) is 23.6. The largest absolute Gasteiger partial charge is 0.481 e. The molecule has 11 heteroatoms. The second-order valence-corrected chi connectivity index (χ2v) is 23.4. The van der Waals surface area contributed by atoms with Gasteiger partial charge in [0.05, 0.1) is 23.9 Å². The number of esters is 1. The number of likely N-dealkylation sites (N-methyl/N-ethyl adjacent to an activating group) is 1. The highest BCUT2D eigenvalue weighted by molar-refractivity contribution is 6.03. The summed E-state index contributed by atoms with van der Waals surface area (Å²) in [7, 11) is 0. The molecule has 1 saturated heterocycles. The highest BCUT2D eigenvalue weighted by Gasteiger charge is 2.71. The fourth-order valence-electron chi connectivity index (χ4n) is 15.2. The Hall–Kier alpha value is -2.79. The Morgan fingerprint density at radius 2 is 1.47 bits per heavy atom. The number of hydrogen-bond donors (Lipinski definition) is 3. The molecule has 60 heavy (non-hydrogen) atoms. The summed E-state index contributed by atoms with van der Waals surface area (Å²) < 4.78 is 6.42. The van der Waals surface area contributed by atoms with E-state index in [1.807, 2.05) is 13.8 Å². The van der Waals surface area contributed by atoms with E-state index in [4.69, 9.17) is 4.74 Å². The monoisotopic (exact) mass is 835 g/mol. The molecule has 1 unspecified atom stereocenters. The second kappa shape index (κ2) is 15.2. The van der Waals surface area contributed by atoms with Crippen molar-refractivity contribution < 1.29 is 33.8 Å². The fraction of sp³-hybridized carbons (Fsp3) is 0.857. The second-order valence-electron chi connectivity index (χ2n) is 23.4. The van der Waals surface area contributed by atoms with E-state index >= 15 is 0 Å². The van der Waals surface area contributed by atoms with Crippen LogP contribution >= 0.6 is 0 Å². The van der Waals surface area contributed by atoms with E-state index in [0.29, 0.717) is 24.7 Å². The summed E-state index contributed by atoms with van der Waals surface area (Å²) >= 11 is 0. The van der Waals surface area contributed by atoms with Crippen LogP contribution in [-0.4, -0.2) is 101 Å². The number of rotatable bonds is 10. The molecule has 3 N–H and O–H groups in total. The number of hydrogen-bond acceptors (Lipinski definition) is 8. The van der Waals surface area contributed by atoms with Gasteiger partial charge < -0.3 is 25.4 Å². The van der Waals surface area contributed by atoms with Crippen LogP contribution in [0.4, 0.5) is 0 Å². The smallest absolute Gasteiger partial charge is 0.309 e. The molecule has 0 aromatic heterocycles. The lowest BCUT2D eigenvalue weighted by Crippen LogP contribution is -2.68. The number of piperazine rings is 1. The first-order chi connectivity index (χ1) is 27.8. The lowest BCUT2D eigenvalue weighted by atomic mass is 9.33. The van der Waals surface area contributed by atoms with Crippen LogP contribution in [0.3, 0.4) is 0 Å². The number of nitrogens with one attached hydrogen (secondary N) is 2. The van der Waals surface area contributed by atoms with Crippen molar-refractivity contribution in [1.29, 1.82) is 0 Å². The van der Waals surface area contributed by atoms with Crippen LogP contribution in [0.25, 0.3) is 0 Å². The van der Waals surface area contributed by atoms with E-state index in [-0.39, 0.29) is 76.1 Å². The van der Waals surface area contributed by atoms with Gasteiger partial charge in [-0.05, 0) is 135 Å². The van der Waals surface area contributed by atoms with Crippen molar-refractivity contribution in [2.24, 2.45) is 62.6 Å². The molecule has 336 valence electrons. The van der Waals surface area contributed by atoms with Gasteiger partial charge in [0.15, 0.2) is 5.78 Å².